The highest BCUT2D eigenvalue weighted by Gasteiger charge is 2.42. The number of hydrogen-bond donors (Lipinski definition) is 4. The van der Waals surface area contributed by atoms with Crippen LogP contribution in [0.4, 0.5) is 4.79 Å². The van der Waals surface area contributed by atoms with E-state index in [0.29, 0.717) is 25.9 Å². The second-order valence-corrected chi connectivity index (χ2v) is 15.8. The van der Waals surface area contributed by atoms with Crippen LogP contribution in [0.5, 0.6) is 0 Å². The molecule has 0 radical (unpaired) electrons. The molecule has 0 spiro atoms. The van der Waals surface area contributed by atoms with Crippen LogP contribution in [0.2, 0.25) is 0 Å². The number of aromatic amines is 2. The quantitative estimate of drug-likeness (QED) is 0.114. The van der Waals surface area contributed by atoms with E-state index in [4.69, 9.17) is 9.97 Å². The summed E-state index contributed by atoms with van der Waals surface area (Å²) in [6, 6.07) is 24.5. The van der Waals surface area contributed by atoms with Gasteiger partial charge in [-0.15, -0.1) is 0 Å². The number of likely N-dealkylation sites (tertiary alicyclic amines) is 2. The minimum atomic E-state index is -0.993. The van der Waals surface area contributed by atoms with Crippen molar-refractivity contribution in [1.29, 1.82) is 0 Å². The molecular weight excluding hydrogens is 733 g/mol. The Hall–Kier alpha value is -6.24. The molecule has 58 heavy (non-hydrogen) atoms. The molecule has 0 unspecified atom stereocenters. The van der Waals surface area contributed by atoms with E-state index in [1.54, 1.807) is 7.05 Å². The molecule has 13 nitrogen and oxygen atoms in total. The normalized spacial score (nSPS) is 21.1. The van der Waals surface area contributed by atoms with Crippen LogP contribution in [0, 0.1) is 5.92 Å². The lowest BCUT2D eigenvalue weighted by molar-refractivity contribution is -0.140. The van der Waals surface area contributed by atoms with Crippen LogP contribution < -0.4 is 5.32 Å². The predicted octanol–water partition coefficient (Wildman–Crippen LogP) is 7.51. The highest BCUT2D eigenvalue weighted by atomic mass is 16.4. The maximum atomic E-state index is 13.9. The molecule has 1 saturated carbocycles. The van der Waals surface area contributed by atoms with E-state index >= 15 is 0 Å². The minimum Gasteiger partial charge on any atom is -0.465 e. The fourth-order valence-corrected chi connectivity index (χ4v) is 9.14. The summed E-state index contributed by atoms with van der Waals surface area (Å²) in [5.41, 5.74) is 6.58. The first kappa shape index (κ1) is 38.6. The molecule has 13 heteroatoms. The van der Waals surface area contributed by atoms with Gasteiger partial charge in [-0.1, -0.05) is 91.7 Å². The Kier molecular flexibility index (Phi) is 11.1. The Morgan fingerprint density at radius 2 is 1.22 bits per heavy atom. The van der Waals surface area contributed by atoms with Crippen molar-refractivity contribution in [1.82, 2.24) is 40.0 Å². The largest absolute Gasteiger partial charge is 0.465 e. The van der Waals surface area contributed by atoms with Crippen LogP contribution >= 0.6 is 0 Å². The molecule has 1 aliphatic carbocycles. The molecule has 2 aliphatic heterocycles. The summed E-state index contributed by atoms with van der Waals surface area (Å²) in [6.07, 6.45) is 9.23. The molecule has 0 bridgehead atoms. The number of benzene rings is 3. The van der Waals surface area contributed by atoms with Gasteiger partial charge in [0.2, 0.25) is 17.7 Å². The Balaban J connectivity index is 0.920. The minimum absolute atomic E-state index is 0.0333. The van der Waals surface area contributed by atoms with E-state index in [1.165, 1.54) is 11.8 Å². The van der Waals surface area contributed by atoms with Gasteiger partial charge >= 0.3 is 6.09 Å². The number of H-pyrrole nitrogens is 2. The molecule has 2 saturated heterocycles. The van der Waals surface area contributed by atoms with Crippen molar-refractivity contribution >= 4 is 23.8 Å². The zero-order valence-electron chi connectivity index (χ0n) is 32.9. The average Bonchev–Trinajstić information content (AvgIpc) is 4.10. The summed E-state index contributed by atoms with van der Waals surface area (Å²) in [5, 5.41) is 12.5. The van der Waals surface area contributed by atoms with Gasteiger partial charge in [-0.25, -0.2) is 14.8 Å². The van der Waals surface area contributed by atoms with Crippen molar-refractivity contribution in [3.63, 3.8) is 0 Å². The number of imidazole rings is 2. The van der Waals surface area contributed by atoms with Crippen molar-refractivity contribution in [2.24, 2.45) is 5.92 Å². The smallest absolute Gasteiger partial charge is 0.407 e. The van der Waals surface area contributed by atoms with Crippen LogP contribution in [0.3, 0.4) is 0 Å². The molecule has 4 N–H and O–H groups in total. The third-order valence-corrected chi connectivity index (χ3v) is 12.2. The summed E-state index contributed by atoms with van der Waals surface area (Å²) in [5.74, 6) is 0.784. The van der Waals surface area contributed by atoms with Crippen molar-refractivity contribution in [3.05, 3.63) is 108 Å². The molecule has 300 valence electrons. The predicted molar refractivity (Wildman–Crippen MR) is 219 cm³/mol. The number of carbonyl (C=O) groups excluding carboxylic acids is 3. The van der Waals surface area contributed by atoms with Crippen molar-refractivity contribution < 1.29 is 24.3 Å². The number of hydrogen-bond acceptors (Lipinski definition) is 6. The second kappa shape index (κ2) is 16.7. The Morgan fingerprint density at radius 1 is 0.707 bits per heavy atom. The Labute approximate surface area is 337 Å². The molecule has 4 amide bonds. The van der Waals surface area contributed by atoms with Gasteiger partial charge in [-0.3, -0.25) is 14.4 Å². The molecule has 3 aromatic carbocycles. The van der Waals surface area contributed by atoms with Crippen LogP contribution in [0.15, 0.2) is 91.3 Å². The highest BCUT2D eigenvalue weighted by molar-refractivity contribution is 5.88. The SMILES string of the molecule is CC(=O)N[C@@H](C(=O)N1CCC[C@H]1c1ncc(-c2ccc(-c3ccc(-c4cnc([C@@H]5CCCN5C(=O)[C@H]5CCCC[C@H]5N(C)C(=O)O)[nH]4)cc3)cc2)[nH]1)c1ccccc1. The van der Waals surface area contributed by atoms with Gasteiger partial charge in [0.15, 0.2) is 0 Å². The standard InChI is InChI=1S/C45H50N8O5/c1-28(54)48-40(33-10-4-3-5-11-33)44(56)53-25-9-15-39(53)42-47-27-36(50-42)32-22-18-30(19-23-32)29-16-20-31(21-17-29)35-26-46-41(49-35)38-14-8-24-52(38)43(55)34-12-6-7-13-37(34)51(2)45(57)58/h3-5,10-11,16-23,26-27,34,37-40H,6-9,12-15,24-25H2,1-2H3,(H,46,49)(H,47,50)(H,48,54)(H,57,58)/t34-,37+,38-,39-,40+/m0/s1. The average molecular weight is 783 g/mol. The van der Waals surface area contributed by atoms with E-state index in [-0.39, 0.29) is 41.8 Å². The summed E-state index contributed by atoms with van der Waals surface area (Å²) in [4.78, 5) is 73.0. The number of carbonyl (C=O) groups is 4. The molecule has 5 atom stereocenters. The monoisotopic (exact) mass is 782 g/mol. The first-order valence-electron chi connectivity index (χ1n) is 20.4. The molecule has 5 aromatic rings. The fraction of sp³-hybridized carbons (Fsp3) is 0.378. The van der Waals surface area contributed by atoms with Crippen LogP contribution in [-0.2, 0) is 14.4 Å². The van der Waals surface area contributed by atoms with E-state index < -0.39 is 12.1 Å². The van der Waals surface area contributed by atoms with Gasteiger partial charge in [-0.2, -0.15) is 0 Å². The van der Waals surface area contributed by atoms with E-state index in [9.17, 15) is 24.3 Å². The van der Waals surface area contributed by atoms with Gasteiger partial charge in [-0.05, 0) is 66.3 Å². The number of nitrogens with one attached hydrogen (secondary N) is 3. The van der Waals surface area contributed by atoms with Crippen molar-refractivity contribution in [2.75, 3.05) is 20.1 Å². The van der Waals surface area contributed by atoms with Crippen molar-refractivity contribution in [3.8, 4) is 33.6 Å². The molecule has 2 aromatic heterocycles. The second-order valence-electron chi connectivity index (χ2n) is 15.8. The number of amides is 4. The molecule has 3 fully saturated rings. The third-order valence-electron chi connectivity index (χ3n) is 12.2. The lowest BCUT2D eigenvalue weighted by Gasteiger charge is -2.38. The maximum Gasteiger partial charge on any atom is 0.407 e. The summed E-state index contributed by atoms with van der Waals surface area (Å²) in [6.45, 7) is 2.66. The van der Waals surface area contributed by atoms with Gasteiger partial charge in [0.25, 0.3) is 0 Å². The summed E-state index contributed by atoms with van der Waals surface area (Å²) < 4.78 is 0. The first-order chi connectivity index (χ1) is 28.2. The number of carboxylic acid groups (broad SMARTS) is 1. The topological polar surface area (TPSA) is 168 Å². The van der Waals surface area contributed by atoms with E-state index in [1.807, 2.05) is 52.5 Å². The number of rotatable bonds is 10. The molecule has 4 heterocycles. The zero-order valence-corrected chi connectivity index (χ0v) is 32.9. The third kappa shape index (κ3) is 7.85. The van der Waals surface area contributed by atoms with Crippen LogP contribution in [-0.4, -0.2) is 89.7 Å². The van der Waals surface area contributed by atoms with Gasteiger partial charge in [0, 0.05) is 33.1 Å². The Bertz CT molecular complexity index is 2250. The summed E-state index contributed by atoms with van der Waals surface area (Å²) in [7, 11) is 1.58. The van der Waals surface area contributed by atoms with Gasteiger partial charge in [0.05, 0.1) is 41.8 Å². The Morgan fingerprint density at radius 3 is 1.78 bits per heavy atom. The van der Waals surface area contributed by atoms with E-state index in [2.05, 4.69) is 63.8 Å². The molecule has 8 rings (SSSR count). The number of nitrogens with zero attached hydrogens (tertiary/aromatic N) is 5. The highest BCUT2D eigenvalue weighted by Crippen LogP contribution is 2.38. The zero-order chi connectivity index (χ0) is 40.3. The first-order valence-corrected chi connectivity index (χ1v) is 20.4. The van der Waals surface area contributed by atoms with Crippen molar-refractivity contribution in [2.45, 2.75) is 82.5 Å². The van der Waals surface area contributed by atoms with Crippen LogP contribution in [0.25, 0.3) is 33.6 Å². The summed E-state index contributed by atoms with van der Waals surface area (Å²) >= 11 is 0. The molecular formula is C45H50N8O5. The van der Waals surface area contributed by atoms with Gasteiger partial charge < -0.3 is 35.1 Å². The lowest BCUT2D eigenvalue weighted by Crippen LogP contribution is -2.49. The van der Waals surface area contributed by atoms with E-state index in [0.717, 1.165) is 89.4 Å². The molecule has 3 aliphatic rings. The lowest BCUT2D eigenvalue weighted by atomic mass is 9.82. The van der Waals surface area contributed by atoms with Gasteiger partial charge in [0.1, 0.15) is 17.7 Å². The number of aromatic nitrogens is 4. The maximum absolute atomic E-state index is 13.9. The van der Waals surface area contributed by atoms with Crippen LogP contribution in [0.1, 0.15) is 93.6 Å². The fourth-order valence-electron chi connectivity index (χ4n) is 9.14.